The number of nitrogens with zero attached hydrogens (tertiary/aromatic N) is 1. The van der Waals surface area contributed by atoms with Gasteiger partial charge in [-0.25, -0.2) is 0 Å². The summed E-state index contributed by atoms with van der Waals surface area (Å²) in [5.74, 6) is 0.930. The second kappa shape index (κ2) is 5.43. The zero-order valence-corrected chi connectivity index (χ0v) is 12.2. The Morgan fingerprint density at radius 1 is 1.20 bits per heavy atom. The van der Waals surface area contributed by atoms with E-state index in [9.17, 15) is 0 Å². The van der Waals surface area contributed by atoms with E-state index < -0.39 is 0 Å². The van der Waals surface area contributed by atoms with Crippen molar-refractivity contribution in [1.82, 2.24) is 4.90 Å². The fraction of sp³-hybridized carbons (Fsp3) is 0.412. The first-order valence-electron chi connectivity index (χ1n) is 7.31. The first-order valence-corrected chi connectivity index (χ1v) is 7.31. The van der Waals surface area contributed by atoms with Crippen LogP contribution < -0.4 is 10.5 Å². The van der Waals surface area contributed by atoms with E-state index in [1.165, 1.54) is 16.3 Å². The molecule has 2 aromatic carbocycles. The van der Waals surface area contributed by atoms with Crippen LogP contribution in [0.5, 0.6) is 5.75 Å². The van der Waals surface area contributed by atoms with Crippen molar-refractivity contribution in [2.75, 3.05) is 20.2 Å². The third-order valence-electron chi connectivity index (χ3n) is 4.41. The monoisotopic (exact) mass is 270 g/mol. The van der Waals surface area contributed by atoms with Gasteiger partial charge in [0.2, 0.25) is 0 Å². The van der Waals surface area contributed by atoms with Crippen molar-refractivity contribution < 1.29 is 4.74 Å². The molecule has 2 aromatic rings. The zero-order chi connectivity index (χ0) is 14.1. The van der Waals surface area contributed by atoms with E-state index in [2.05, 4.69) is 48.2 Å². The number of nitrogens with two attached hydrogens (primary N) is 1. The molecule has 1 fully saturated rings. The maximum atomic E-state index is 6.37. The van der Waals surface area contributed by atoms with Crippen molar-refractivity contribution >= 4 is 10.8 Å². The van der Waals surface area contributed by atoms with Crippen LogP contribution in [0.1, 0.15) is 24.9 Å². The molecule has 1 heterocycles. The van der Waals surface area contributed by atoms with Crippen LogP contribution in [-0.4, -0.2) is 31.1 Å². The molecule has 0 amide bonds. The van der Waals surface area contributed by atoms with Crippen LogP contribution in [0.25, 0.3) is 10.8 Å². The summed E-state index contributed by atoms with van der Waals surface area (Å²) in [6.07, 6.45) is 1.07. The maximum Gasteiger partial charge on any atom is 0.126 e. The fourth-order valence-electron chi connectivity index (χ4n) is 3.40. The quantitative estimate of drug-likeness (QED) is 0.932. The van der Waals surface area contributed by atoms with Crippen LogP contribution in [0.15, 0.2) is 36.4 Å². The molecule has 0 aromatic heterocycles. The van der Waals surface area contributed by atoms with E-state index in [1.807, 2.05) is 0 Å². The van der Waals surface area contributed by atoms with Gasteiger partial charge in [0.05, 0.1) is 13.2 Å². The summed E-state index contributed by atoms with van der Waals surface area (Å²) in [5.41, 5.74) is 7.69. The minimum atomic E-state index is 0.215. The van der Waals surface area contributed by atoms with E-state index in [0.717, 1.165) is 25.3 Å². The molecule has 2 N–H and O–H groups in total. The van der Waals surface area contributed by atoms with Crippen molar-refractivity contribution in [1.29, 1.82) is 0 Å². The molecule has 3 rings (SSSR count). The lowest BCUT2D eigenvalue weighted by atomic mass is 9.94. The minimum Gasteiger partial charge on any atom is -0.496 e. The smallest absolute Gasteiger partial charge is 0.126 e. The number of hydrogen-bond acceptors (Lipinski definition) is 3. The predicted octanol–water partition coefficient (Wildman–Crippen LogP) is 2.94. The number of hydrogen-bond donors (Lipinski definition) is 1. The largest absolute Gasteiger partial charge is 0.496 e. The normalized spacial score (nSPS) is 23.4. The molecule has 0 saturated carbocycles. The predicted molar refractivity (Wildman–Crippen MR) is 83.1 cm³/mol. The Bertz CT molecular complexity index is 611. The van der Waals surface area contributed by atoms with Gasteiger partial charge in [0.15, 0.2) is 0 Å². The van der Waals surface area contributed by atoms with Crippen LogP contribution in [0, 0.1) is 0 Å². The maximum absolute atomic E-state index is 6.37. The van der Waals surface area contributed by atoms with Crippen molar-refractivity contribution in [2.24, 2.45) is 5.73 Å². The van der Waals surface area contributed by atoms with Crippen molar-refractivity contribution in [2.45, 2.75) is 25.4 Å². The molecule has 0 bridgehead atoms. The summed E-state index contributed by atoms with van der Waals surface area (Å²) < 4.78 is 5.48. The van der Waals surface area contributed by atoms with Crippen molar-refractivity contribution in [3.63, 3.8) is 0 Å². The van der Waals surface area contributed by atoms with Gasteiger partial charge in [-0.2, -0.15) is 0 Å². The van der Waals surface area contributed by atoms with Crippen LogP contribution in [0.4, 0.5) is 0 Å². The van der Waals surface area contributed by atoms with Gasteiger partial charge in [-0.05, 0) is 30.0 Å². The number of benzene rings is 2. The molecule has 1 aliphatic heterocycles. The lowest BCUT2D eigenvalue weighted by Gasteiger charge is -2.27. The summed E-state index contributed by atoms with van der Waals surface area (Å²) in [4.78, 5) is 2.47. The number of methoxy groups -OCH3 is 1. The van der Waals surface area contributed by atoms with Crippen LogP contribution in [-0.2, 0) is 0 Å². The number of fused-ring (bicyclic) bond motifs is 1. The van der Waals surface area contributed by atoms with Gasteiger partial charge in [0.1, 0.15) is 5.75 Å². The zero-order valence-electron chi connectivity index (χ0n) is 12.2. The molecule has 1 saturated heterocycles. The van der Waals surface area contributed by atoms with Gasteiger partial charge >= 0.3 is 0 Å². The Kier molecular flexibility index (Phi) is 3.64. The topological polar surface area (TPSA) is 38.5 Å². The SMILES string of the molecule is CCN1CCC(N)C1c1ccc(OC)c2ccccc12. The highest BCUT2D eigenvalue weighted by Crippen LogP contribution is 2.37. The molecule has 2 atom stereocenters. The molecule has 2 unspecified atom stereocenters. The summed E-state index contributed by atoms with van der Waals surface area (Å²) in [5, 5.41) is 2.43. The standard InChI is InChI=1S/C17H22N2O/c1-3-19-11-10-15(18)17(19)14-8-9-16(20-2)13-7-5-4-6-12(13)14/h4-9,15,17H,3,10-11,18H2,1-2H3. The van der Waals surface area contributed by atoms with Gasteiger partial charge in [0.25, 0.3) is 0 Å². The average molecular weight is 270 g/mol. The molecule has 0 radical (unpaired) electrons. The van der Waals surface area contributed by atoms with Crippen LogP contribution in [0.2, 0.25) is 0 Å². The summed E-state index contributed by atoms with van der Waals surface area (Å²) in [6.45, 7) is 4.33. The molecule has 20 heavy (non-hydrogen) atoms. The molecule has 0 spiro atoms. The molecular formula is C17H22N2O. The van der Waals surface area contributed by atoms with E-state index >= 15 is 0 Å². The van der Waals surface area contributed by atoms with Gasteiger partial charge < -0.3 is 10.5 Å². The third kappa shape index (κ3) is 2.07. The number of rotatable bonds is 3. The van der Waals surface area contributed by atoms with E-state index in [0.29, 0.717) is 6.04 Å². The number of likely N-dealkylation sites (tertiary alicyclic amines) is 1. The molecular weight excluding hydrogens is 248 g/mol. The molecule has 0 aliphatic carbocycles. The Morgan fingerprint density at radius 2 is 1.95 bits per heavy atom. The second-order valence-corrected chi connectivity index (χ2v) is 5.43. The van der Waals surface area contributed by atoms with Crippen LogP contribution in [0.3, 0.4) is 0 Å². The molecule has 3 nitrogen and oxygen atoms in total. The van der Waals surface area contributed by atoms with E-state index in [1.54, 1.807) is 7.11 Å². The first-order chi connectivity index (χ1) is 9.76. The first kappa shape index (κ1) is 13.4. The number of likely N-dealkylation sites (N-methyl/N-ethyl adjacent to an activating group) is 1. The van der Waals surface area contributed by atoms with Crippen molar-refractivity contribution in [3.8, 4) is 5.75 Å². The number of ether oxygens (including phenoxy) is 1. The Balaban J connectivity index is 2.17. The highest BCUT2D eigenvalue weighted by Gasteiger charge is 2.32. The Hall–Kier alpha value is -1.58. The van der Waals surface area contributed by atoms with Gasteiger partial charge in [-0.15, -0.1) is 0 Å². The van der Waals surface area contributed by atoms with Gasteiger partial charge in [-0.1, -0.05) is 37.3 Å². The summed E-state index contributed by atoms with van der Waals surface area (Å²) >= 11 is 0. The van der Waals surface area contributed by atoms with Gasteiger partial charge in [-0.3, -0.25) is 4.90 Å². The van der Waals surface area contributed by atoms with Gasteiger partial charge in [0, 0.05) is 18.0 Å². The average Bonchev–Trinajstić information content (AvgIpc) is 2.87. The minimum absolute atomic E-state index is 0.215. The highest BCUT2D eigenvalue weighted by molar-refractivity contribution is 5.91. The fourth-order valence-corrected chi connectivity index (χ4v) is 3.40. The lowest BCUT2D eigenvalue weighted by Crippen LogP contribution is -2.31. The van der Waals surface area contributed by atoms with E-state index in [4.69, 9.17) is 10.5 Å². The van der Waals surface area contributed by atoms with Crippen molar-refractivity contribution in [3.05, 3.63) is 42.0 Å². The second-order valence-electron chi connectivity index (χ2n) is 5.43. The Morgan fingerprint density at radius 3 is 2.65 bits per heavy atom. The third-order valence-corrected chi connectivity index (χ3v) is 4.41. The molecule has 3 heteroatoms. The Labute approximate surface area is 120 Å². The summed E-state index contributed by atoms with van der Waals surface area (Å²) in [7, 11) is 1.72. The van der Waals surface area contributed by atoms with E-state index in [-0.39, 0.29) is 6.04 Å². The molecule has 106 valence electrons. The summed E-state index contributed by atoms with van der Waals surface area (Å²) in [6, 6.07) is 13.2. The lowest BCUT2D eigenvalue weighted by molar-refractivity contribution is 0.262. The van der Waals surface area contributed by atoms with Crippen LogP contribution >= 0.6 is 0 Å². The highest BCUT2D eigenvalue weighted by atomic mass is 16.5. The molecule has 1 aliphatic rings.